The molecular weight excluding hydrogens is 216 g/mol. The van der Waals surface area contributed by atoms with Gasteiger partial charge in [-0.2, -0.15) is 5.26 Å². The summed E-state index contributed by atoms with van der Waals surface area (Å²) in [5, 5.41) is 9.29. The molecule has 0 aliphatic carbocycles. The molecule has 0 aromatic heterocycles. The Hall–Kier alpha value is -1.08. The molecule has 1 amide bonds. The summed E-state index contributed by atoms with van der Waals surface area (Å²) in [6, 6.07) is 2.22. The van der Waals surface area contributed by atoms with E-state index in [2.05, 4.69) is 6.07 Å². The minimum Gasteiger partial charge on any atom is -0.377 e. The standard InChI is InChI=1S/C13H22N2O2/c1-4-13(5-2,10-14)12(16)15-7-6-8-17-11(3)9-15/h11H,4-9H2,1-3H3. The third-order valence-electron chi connectivity index (χ3n) is 3.57. The molecule has 1 fully saturated rings. The zero-order valence-corrected chi connectivity index (χ0v) is 11.0. The summed E-state index contributed by atoms with van der Waals surface area (Å²) in [6.07, 6.45) is 2.06. The normalized spacial score (nSPS) is 21.8. The molecule has 0 aromatic carbocycles. The molecular formula is C13H22N2O2. The van der Waals surface area contributed by atoms with Gasteiger partial charge >= 0.3 is 0 Å². The fourth-order valence-electron chi connectivity index (χ4n) is 2.24. The number of hydrogen-bond donors (Lipinski definition) is 0. The van der Waals surface area contributed by atoms with Crippen LogP contribution in [0.1, 0.15) is 40.0 Å². The molecule has 0 saturated carbocycles. The van der Waals surface area contributed by atoms with Crippen molar-refractivity contribution in [3.05, 3.63) is 0 Å². The van der Waals surface area contributed by atoms with Gasteiger partial charge in [-0.1, -0.05) is 13.8 Å². The van der Waals surface area contributed by atoms with E-state index >= 15 is 0 Å². The summed E-state index contributed by atoms with van der Waals surface area (Å²) in [4.78, 5) is 14.3. The summed E-state index contributed by atoms with van der Waals surface area (Å²) < 4.78 is 5.52. The number of nitrogens with zero attached hydrogens (tertiary/aromatic N) is 2. The molecule has 1 saturated heterocycles. The number of nitriles is 1. The van der Waals surface area contributed by atoms with Gasteiger partial charge in [0.1, 0.15) is 5.41 Å². The van der Waals surface area contributed by atoms with Crippen LogP contribution in [0.25, 0.3) is 0 Å². The minimum absolute atomic E-state index is 0.0256. The van der Waals surface area contributed by atoms with E-state index in [0.717, 1.165) is 6.42 Å². The van der Waals surface area contributed by atoms with E-state index < -0.39 is 5.41 Å². The molecule has 96 valence electrons. The number of carbonyl (C=O) groups is 1. The maximum Gasteiger partial charge on any atom is 0.243 e. The Morgan fingerprint density at radius 3 is 2.71 bits per heavy atom. The van der Waals surface area contributed by atoms with Gasteiger partial charge in [-0.15, -0.1) is 0 Å². The van der Waals surface area contributed by atoms with Crippen molar-refractivity contribution in [3.8, 4) is 6.07 Å². The van der Waals surface area contributed by atoms with Gasteiger partial charge < -0.3 is 9.64 Å². The zero-order valence-electron chi connectivity index (χ0n) is 11.0. The lowest BCUT2D eigenvalue weighted by molar-refractivity contribution is -0.140. The zero-order chi connectivity index (χ0) is 12.9. The van der Waals surface area contributed by atoms with Gasteiger partial charge in [-0.05, 0) is 26.2 Å². The van der Waals surface area contributed by atoms with Gasteiger partial charge in [0.25, 0.3) is 0 Å². The molecule has 0 radical (unpaired) electrons. The highest BCUT2D eigenvalue weighted by Gasteiger charge is 2.39. The first-order valence-electron chi connectivity index (χ1n) is 6.42. The molecule has 0 aromatic rings. The van der Waals surface area contributed by atoms with Crippen molar-refractivity contribution in [2.75, 3.05) is 19.7 Å². The fraction of sp³-hybridized carbons (Fsp3) is 0.846. The SMILES string of the molecule is CCC(C#N)(CC)C(=O)N1CCCOC(C)C1. The molecule has 4 nitrogen and oxygen atoms in total. The molecule has 1 aliphatic rings. The van der Waals surface area contributed by atoms with Crippen LogP contribution in [-0.4, -0.2) is 36.6 Å². The van der Waals surface area contributed by atoms with Crippen molar-refractivity contribution < 1.29 is 9.53 Å². The Balaban J connectivity index is 2.83. The average Bonchev–Trinajstić information content (AvgIpc) is 2.56. The van der Waals surface area contributed by atoms with Crippen LogP contribution in [0.4, 0.5) is 0 Å². The monoisotopic (exact) mass is 238 g/mol. The van der Waals surface area contributed by atoms with Gasteiger partial charge in [0.2, 0.25) is 5.91 Å². The van der Waals surface area contributed by atoms with Gasteiger partial charge in [-0.3, -0.25) is 4.79 Å². The molecule has 17 heavy (non-hydrogen) atoms. The van der Waals surface area contributed by atoms with E-state index in [1.54, 1.807) is 4.90 Å². The fourth-order valence-corrected chi connectivity index (χ4v) is 2.24. The van der Waals surface area contributed by atoms with Crippen molar-refractivity contribution >= 4 is 5.91 Å². The molecule has 1 atom stereocenters. The second-order valence-corrected chi connectivity index (χ2v) is 4.69. The summed E-state index contributed by atoms with van der Waals surface area (Å²) >= 11 is 0. The Bertz CT molecular complexity index is 305. The smallest absolute Gasteiger partial charge is 0.243 e. The van der Waals surface area contributed by atoms with Crippen molar-refractivity contribution in [2.24, 2.45) is 5.41 Å². The molecule has 0 N–H and O–H groups in total. The second-order valence-electron chi connectivity index (χ2n) is 4.69. The van der Waals surface area contributed by atoms with Crippen molar-refractivity contribution in [1.29, 1.82) is 5.26 Å². The van der Waals surface area contributed by atoms with E-state index in [1.165, 1.54) is 0 Å². The largest absolute Gasteiger partial charge is 0.377 e. The highest BCUT2D eigenvalue weighted by Crippen LogP contribution is 2.28. The van der Waals surface area contributed by atoms with Gasteiger partial charge in [0.15, 0.2) is 0 Å². The summed E-state index contributed by atoms with van der Waals surface area (Å²) in [5.41, 5.74) is -0.843. The van der Waals surface area contributed by atoms with Gasteiger partial charge in [-0.25, -0.2) is 0 Å². The second kappa shape index (κ2) is 6.02. The Kier molecular flexibility index (Phi) is 4.95. The first kappa shape index (κ1) is 14.0. The molecule has 1 aliphatic heterocycles. The van der Waals surface area contributed by atoms with E-state index in [0.29, 0.717) is 32.5 Å². The highest BCUT2D eigenvalue weighted by atomic mass is 16.5. The maximum atomic E-state index is 12.5. The average molecular weight is 238 g/mol. The number of rotatable bonds is 3. The first-order valence-corrected chi connectivity index (χ1v) is 6.42. The van der Waals surface area contributed by atoms with Crippen LogP contribution >= 0.6 is 0 Å². The maximum absolute atomic E-state index is 12.5. The van der Waals surface area contributed by atoms with Crippen molar-refractivity contribution in [1.82, 2.24) is 4.90 Å². The lowest BCUT2D eigenvalue weighted by atomic mass is 9.82. The Labute approximate surface area is 104 Å². The number of carbonyl (C=O) groups excluding carboxylic acids is 1. The van der Waals surface area contributed by atoms with Gasteiger partial charge in [0, 0.05) is 19.7 Å². The van der Waals surface area contributed by atoms with E-state index in [1.807, 2.05) is 20.8 Å². The third-order valence-corrected chi connectivity index (χ3v) is 3.57. The predicted molar refractivity (Wildman–Crippen MR) is 65.2 cm³/mol. The van der Waals surface area contributed by atoms with E-state index in [-0.39, 0.29) is 12.0 Å². The predicted octanol–water partition coefficient (Wildman–Crippen LogP) is 1.95. The van der Waals surface area contributed by atoms with Crippen LogP contribution in [0.2, 0.25) is 0 Å². The minimum atomic E-state index is -0.843. The van der Waals surface area contributed by atoms with Gasteiger partial charge in [0.05, 0.1) is 12.2 Å². The number of hydrogen-bond acceptors (Lipinski definition) is 3. The van der Waals surface area contributed by atoms with E-state index in [4.69, 9.17) is 4.74 Å². The van der Waals surface area contributed by atoms with Crippen LogP contribution in [0.15, 0.2) is 0 Å². The molecule has 1 unspecified atom stereocenters. The molecule has 0 bridgehead atoms. The Morgan fingerprint density at radius 1 is 1.53 bits per heavy atom. The summed E-state index contributed by atoms with van der Waals surface area (Å²) in [6.45, 7) is 7.78. The van der Waals surface area contributed by atoms with Crippen LogP contribution in [0.5, 0.6) is 0 Å². The van der Waals surface area contributed by atoms with E-state index in [9.17, 15) is 10.1 Å². The molecule has 1 heterocycles. The first-order chi connectivity index (χ1) is 8.09. The molecule has 4 heteroatoms. The topological polar surface area (TPSA) is 53.3 Å². The molecule has 1 rings (SSSR count). The molecule has 0 spiro atoms. The van der Waals surface area contributed by atoms with Crippen molar-refractivity contribution in [2.45, 2.75) is 46.1 Å². The lowest BCUT2D eigenvalue weighted by Gasteiger charge is -2.31. The third kappa shape index (κ3) is 2.98. The highest BCUT2D eigenvalue weighted by molar-refractivity contribution is 5.85. The summed E-state index contributed by atoms with van der Waals surface area (Å²) in [7, 11) is 0. The Morgan fingerprint density at radius 2 is 2.18 bits per heavy atom. The summed E-state index contributed by atoms with van der Waals surface area (Å²) in [5.74, 6) is -0.0256. The van der Waals surface area contributed by atoms with Crippen LogP contribution in [0.3, 0.4) is 0 Å². The quantitative estimate of drug-likeness (QED) is 0.755. The lowest BCUT2D eigenvalue weighted by Crippen LogP contribution is -2.45. The van der Waals surface area contributed by atoms with Crippen LogP contribution in [-0.2, 0) is 9.53 Å². The van der Waals surface area contributed by atoms with Crippen LogP contribution in [0, 0.1) is 16.7 Å². The number of amides is 1. The number of ether oxygens (including phenoxy) is 1. The van der Waals surface area contributed by atoms with Crippen LogP contribution < -0.4 is 0 Å². The van der Waals surface area contributed by atoms with Crippen molar-refractivity contribution in [3.63, 3.8) is 0 Å².